The monoisotopic (exact) mass is 427 g/mol. The van der Waals surface area contributed by atoms with Gasteiger partial charge in [0.05, 0.1) is 11.5 Å². The van der Waals surface area contributed by atoms with Gasteiger partial charge in [0.1, 0.15) is 5.82 Å². The van der Waals surface area contributed by atoms with Crippen LogP contribution < -0.4 is 5.32 Å². The Labute approximate surface area is 180 Å². The maximum atomic E-state index is 12.9. The van der Waals surface area contributed by atoms with Gasteiger partial charge < -0.3 is 10.2 Å². The highest BCUT2D eigenvalue weighted by molar-refractivity contribution is 8.00. The highest BCUT2D eigenvalue weighted by Gasteiger charge is 2.20. The van der Waals surface area contributed by atoms with Crippen LogP contribution >= 0.6 is 11.8 Å². The fourth-order valence-corrected chi connectivity index (χ4v) is 3.85. The molecule has 0 aromatic heterocycles. The number of thioether (sulfide) groups is 1. The third kappa shape index (κ3) is 7.31. The highest BCUT2D eigenvalue weighted by atomic mass is 32.2. The summed E-state index contributed by atoms with van der Waals surface area (Å²) in [5, 5.41) is 2.70. The van der Waals surface area contributed by atoms with Crippen LogP contribution in [0.15, 0.2) is 60.7 Å². The summed E-state index contributed by atoms with van der Waals surface area (Å²) < 4.78 is 12.9. The topological polar surface area (TPSA) is 52.7 Å². The molecule has 1 heterocycles. The van der Waals surface area contributed by atoms with E-state index in [-0.39, 0.29) is 29.1 Å². The number of rotatable bonds is 8. The van der Waals surface area contributed by atoms with Gasteiger partial charge in [-0.1, -0.05) is 42.5 Å². The molecule has 0 radical (unpaired) electrons. The standard InChI is InChI=1S/C23H26FN3O2S/c24-20-8-10-21(11-9-20)25-22(28)17-30-18-23(29)27-15-13-26(14-16-27)12-4-7-19-5-2-1-3-6-19/h1-11H,12-18H2,(H,25,28)/b7-4+. The molecule has 0 saturated carbocycles. The summed E-state index contributed by atoms with van der Waals surface area (Å²) >= 11 is 1.30. The van der Waals surface area contributed by atoms with E-state index in [4.69, 9.17) is 0 Å². The lowest BCUT2D eigenvalue weighted by Gasteiger charge is -2.34. The summed E-state index contributed by atoms with van der Waals surface area (Å²) in [7, 11) is 0. The molecule has 1 fully saturated rings. The molecule has 0 bridgehead atoms. The van der Waals surface area contributed by atoms with E-state index in [1.54, 1.807) is 0 Å². The van der Waals surface area contributed by atoms with Gasteiger partial charge in [-0.15, -0.1) is 11.8 Å². The fraction of sp³-hybridized carbons (Fsp3) is 0.304. The molecule has 7 heteroatoms. The number of hydrogen-bond acceptors (Lipinski definition) is 4. The minimum absolute atomic E-state index is 0.0639. The minimum Gasteiger partial charge on any atom is -0.339 e. The van der Waals surface area contributed by atoms with E-state index < -0.39 is 0 Å². The number of amides is 2. The maximum Gasteiger partial charge on any atom is 0.234 e. The Bertz CT molecular complexity index is 851. The highest BCUT2D eigenvalue weighted by Crippen LogP contribution is 2.11. The molecule has 5 nitrogen and oxygen atoms in total. The van der Waals surface area contributed by atoms with Gasteiger partial charge in [-0.3, -0.25) is 14.5 Å². The molecule has 2 aromatic rings. The molecule has 0 aliphatic carbocycles. The van der Waals surface area contributed by atoms with Crippen molar-refractivity contribution < 1.29 is 14.0 Å². The van der Waals surface area contributed by atoms with Crippen molar-refractivity contribution in [2.24, 2.45) is 0 Å². The third-order valence-corrected chi connectivity index (χ3v) is 5.70. The lowest BCUT2D eigenvalue weighted by Crippen LogP contribution is -2.49. The van der Waals surface area contributed by atoms with E-state index in [0.717, 1.165) is 19.6 Å². The number of nitrogens with one attached hydrogen (secondary N) is 1. The Kier molecular flexibility index (Phi) is 8.47. The van der Waals surface area contributed by atoms with E-state index in [9.17, 15) is 14.0 Å². The van der Waals surface area contributed by atoms with Crippen LogP contribution in [0.3, 0.4) is 0 Å². The summed E-state index contributed by atoms with van der Waals surface area (Å²) in [5.74, 6) is -0.0123. The summed E-state index contributed by atoms with van der Waals surface area (Å²) in [6, 6.07) is 15.8. The van der Waals surface area contributed by atoms with Crippen molar-refractivity contribution in [1.82, 2.24) is 9.80 Å². The zero-order valence-corrected chi connectivity index (χ0v) is 17.6. The number of anilines is 1. The van der Waals surface area contributed by atoms with Gasteiger partial charge in [0, 0.05) is 38.4 Å². The van der Waals surface area contributed by atoms with E-state index in [1.165, 1.54) is 41.6 Å². The number of hydrogen-bond donors (Lipinski definition) is 1. The zero-order chi connectivity index (χ0) is 21.2. The second-order valence-electron chi connectivity index (χ2n) is 7.04. The molecule has 0 unspecified atom stereocenters. The third-order valence-electron chi connectivity index (χ3n) is 4.79. The Morgan fingerprint density at radius 3 is 2.37 bits per heavy atom. The second-order valence-corrected chi connectivity index (χ2v) is 8.03. The first kappa shape index (κ1) is 22.1. The van der Waals surface area contributed by atoms with Crippen molar-refractivity contribution in [3.8, 4) is 0 Å². The lowest BCUT2D eigenvalue weighted by atomic mass is 10.2. The molecular weight excluding hydrogens is 401 g/mol. The first-order chi connectivity index (χ1) is 14.6. The molecule has 1 N–H and O–H groups in total. The molecule has 1 saturated heterocycles. The molecule has 30 heavy (non-hydrogen) atoms. The van der Waals surface area contributed by atoms with Gasteiger partial charge in [-0.25, -0.2) is 4.39 Å². The number of halogens is 1. The van der Waals surface area contributed by atoms with Gasteiger partial charge in [0.2, 0.25) is 11.8 Å². The van der Waals surface area contributed by atoms with Gasteiger partial charge in [-0.05, 0) is 29.8 Å². The average Bonchev–Trinajstić information content (AvgIpc) is 2.76. The maximum absolute atomic E-state index is 12.9. The minimum atomic E-state index is -0.347. The number of piperazine rings is 1. The largest absolute Gasteiger partial charge is 0.339 e. The van der Waals surface area contributed by atoms with Crippen molar-refractivity contribution >= 4 is 35.3 Å². The predicted molar refractivity (Wildman–Crippen MR) is 121 cm³/mol. The molecule has 2 aromatic carbocycles. The Morgan fingerprint density at radius 1 is 0.967 bits per heavy atom. The van der Waals surface area contributed by atoms with Crippen LogP contribution in [-0.4, -0.2) is 65.8 Å². The fourth-order valence-electron chi connectivity index (χ4n) is 3.13. The van der Waals surface area contributed by atoms with Crippen molar-refractivity contribution in [2.75, 3.05) is 49.5 Å². The van der Waals surface area contributed by atoms with E-state index in [0.29, 0.717) is 18.8 Å². The second kappa shape index (κ2) is 11.5. The normalized spacial score (nSPS) is 14.8. The van der Waals surface area contributed by atoms with Crippen LogP contribution in [0.5, 0.6) is 0 Å². The number of benzene rings is 2. The summed E-state index contributed by atoms with van der Waals surface area (Å²) in [6.07, 6.45) is 4.27. The molecule has 0 spiro atoms. The van der Waals surface area contributed by atoms with Crippen LogP contribution in [0.4, 0.5) is 10.1 Å². The molecular formula is C23H26FN3O2S. The number of carbonyl (C=O) groups is 2. The van der Waals surface area contributed by atoms with Crippen molar-refractivity contribution in [3.05, 3.63) is 72.1 Å². The lowest BCUT2D eigenvalue weighted by molar-refractivity contribution is -0.130. The Balaban J connectivity index is 1.30. The quantitative estimate of drug-likeness (QED) is 0.702. The van der Waals surface area contributed by atoms with E-state index in [1.807, 2.05) is 23.1 Å². The first-order valence-corrected chi connectivity index (χ1v) is 11.1. The van der Waals surface area contributed by atoms with Crippen LogP contribution in [0.25, 0.3) is 6.08 Å². The van der Waals surface area contributed by atoms with Crippen LogP contribution in [0.1, 0.15) is 5.56 Å². The number of nitrogens with zero attached hydrogens (tertiary/aromatic N) is 2. The van der Waals surface area contributed by atoms with Crippen LogP contribution in [0.2, 0.25) is 0 Å². The van der Waals surface area contributed by atoms with Gasteiger partial charge in [0.25, 0.3) is 0 Å². The average molecular weight is 428 g/mol. The van der Waals surface area contributed by atoms with E-state index >= 15 is 0 Å². The smallest absolute Gasteiger partial charge is 0.234 e. The molecule has 3 rings (SSSR count). The van der Waals surface area contributed by atoms with E-state index in [2.05, 4.69) is 34.5 Å². The summed E-state index contributed by atoms with van der Waals surface area (Å²) in [5.41, 5.74) is 1.73. The van der Waals surface area contributed by atoms with Crippen LogP contribution in [0, 0.1) is 5.82 Å². The SMILES string of the molecule is O=C(CSCC(=O)N1CCN(C/C=C/c2ccccc2)CC1)Nc1ccc(F)cc1. The van der Waals surface area contributed by atoms with Gasteiger partial charge in [0.15, 0.2) is 0 Å². The van der Waals surface area contributed by atoms with Crippen molar-refractivity contribution in [3.63, 3.8) is 0 Å². The summed E-state index contributed by atoms with van der Waals surface area (Å²) in [4.78, 5) is 28.5. The van der Waals surface area contributed by atoms with Gasteiger partial charge in [-0.2, -0.15) is 0 Å². The molecule has 2 amide bonds. The van der Waals surface area contributed by atoms with Crippen LogP contribution in [-0.2, 0) is 9.59 Å². The molecule has 1 aliphatic rings. The van der Waals surface area contributed by atoms with Crippen molar-refractivity contribution in [1.29, 1.82) is 0 Å². The summed E-state index contributed by atoms with van der Waals surface area (Å²) in [6.45, 7) is 3.98. The zero-order valence-electron chi connectivity index (χ0n) is 16.8. The first-order valence-electron chi connectivity index (χ1n) is 9.95. The Hall–Kier alpha value is -2.64. The number of carbonyl (C=O) groups excluding carboxylic acids is 2. The predicted octanol–water partition coefficient (Wildman–Crippen LogP) is 3.36. The Morgan fingerprint density at radius 2 is 1.67 bits per heavy atom. The molecule has 158 valence electrons. The molecule has 1 aliphatic heterocycles. The molecule has 0 atom stereocenters. The van der Waals surface area contributed by atoms with Crippen molar-refractivity contribution in [2.45, 2.75) is 0 Å². The van der Waals surface area contributed by atoms with Gasteiger partial charge >= 0.3 is 0 Å².